The van der Waals surface area contributed by atoms with E-state index in [2.05, 4.69) is 10.2 Å². The largest absolute Gasteiger partial charge is 0.492 e. The summed E-state index contributed by atoms with van der Waals surface area (Å²) in [5.74, 6) is 0.420. The Hall–Kier alpha value is -1.99. The molecule has 1 unspecified atom stereocenters. The fourth-order valence-corrected chi connectivity index (χ4v) is 3.71. The van der Waals surface area contributed by atoms with Gasteiger partial charge >= 0.3 is 0 Å². The molecule has 2 heterocycles. The number of nitrogens with two attached hydrogens (primary N) is 1. The van der Waals surface area contributed by atoms with Gasteiger partial charge in [-0.2, -0.15) is 0 Å². The molecule has 2 aliphatic rings. The zero-order chi connectivity index (χ0) is 17.1. The van der Waals surface area contributed by atoms with Crippen LogP contribution in [0.1, 0.15) is 25.3 Å². The van der Waals surface area contributed by atoms with Gasteiger partial charge in [-0.05, 0) is 43.7 Å². The molecule has 0 bridgehead atoms. The highest BCUT2D eigenvalue weighted by molar-refractivity contribution is 8.18. The van der Waals surface area contributed by atoms with Crippen molar-refractivity contribution in [2.24, 2.45) is 5.73 Å². The van der Waals surface area contributed by atoms with E-state index in [1.807, 2.05) is 25.1 Å². The summed E-state index contributed by atoms with van der Waals surface area (Å²) in [4.78, 5) is 25.9. The highest BCUT2D eigenvalue weighted by atomic mass is 32.2. The third-order valence-corrected chi connectivity index (χ3v) is 4.84. The number of amides is 2. The molecule has 1 aromatic carbocycles. The second-order valence-corrected chi connectivity index (χ2v) is 6.84. The number of para-hydroxylation sites is 1. The van der Waals surface area contributed by atoms with Crippen LogP contribution in [0.15, 0.2) is 23.1 Å². The minimum Gasteiger partial charge on any atom is -0.492 e. The molecule has 1 aromatic rings. The smallest absolute Gasteiger partial charge is 0.290 e. The van der Waals surface area contributed by atoms with Crippen LogP contribution in [0, 0.1) is 0 Å². The molecule has 0 saturated carbocycles. The van der Waals surface area contributed by atoms with Gasteiger partial charge in [0.25, 0.3) is 11.1 Å². The average Bonchev–Trinajstić information content (AvgIpc) is 2.85. The van der Waals surface area contributed by atoms with Crippen LogP contribution in [-0.2, 0) is 4.79 Å². The molecule has 0 aliphatic carbocycles. The van der Waals surface area contributed by atoms with Crippen LogP contribution in [0.25, 0.3) is 6.08 Å². The first kappa shape index (κ1) is 16.9. The lowest BCUT2D eigenvalue weighted by molar-refractivity contribution is -0.115. The second kappa shape index (κ2) is 7.27. The average molecular weight is 347 g/mol. The maximum atomic E-state index is 11.9. The molecular formula is C17H21N3O3S. The lowest BCUT2D eigenvalue weighted by Gasteiger charge is -2.34. The molecule has 2 saturated heterocycles. The number of nitrogens with one attached hydrogen (secondary N) is 1. The maximum absolute atomic E-state index is 11.9. The first-order valence-electron chi connectivity index (χ1n) is 8.09. The van der Waals surface area contributed by atoms with Gasteiger partial charge in [-0.1, -0.05) is 12.1 Å². The zero-order valence-corrected chi connectivity index (χ0v) is 14.4. The third kappa shape index (κ3) is 3.57. The number of anilines is 1. The number of hydrogen-bond donors (Lipinski definition) is 2. The molecule has 3 rings (SSSR count). The monoisotopic (exact) mass is 347 g/mol. The van der Waals surface area contributed by atoms with Gasteiger partial charge in [0.05, 0.1) is 17.2 Å². The first-order chi connectivity index (χ1) is 11.6. The van der Waals surface area contributed by atoms with E-state index >= 15 is 0 Å². The Balaban J connectivity index is 2.02. The van der Waals surface area contributed by atoms with E-state index in [1.165, 1.54) is 0 Å². The van der Waals surface area contributed by atoms with Crippen molar-refractivity contribution in [3.8, 4) is 5.75 Å². The number of rotatable bonds is 4. The topological polar surface area (TPSA) is 84.7 Å². The van der Waals surface area contributed by atoms with Crippen LogP contribution in [0.4, 0.5) is 10.5 Å². The summed E-state index contributed by atoms with van der Waals surface area (Å²) >= 11 is 0.921. The van der Waals surface area contributed by atoms with Crippen LogP contribution >= 0.6 is 11.8 Å². The molecule has 3 N–H and O–H groups in total. The Labute approximate surface area is 145 Å². The Morgan fingerprint density at radius 3 is 2.96 bits per heavy atom. The summed E-state index contributed by atoms with van der Waals surface area (Å²) in [6, 6.07) is 5.87. The van der Waals surface area contributed by atoms with Crippen LogP contribution < -0.4 is 20.7 Å². The van der Waals surface area contributed by atoms with Gasteiger partial charge in [-0.3, -0.25) is 14.9 Å². The van der Waals surface area contributed by atoms with E-state index in [4.69, 9.17) is 10.5 Å². The number of nitrogens with zero attached hydrogens (tertiary/aromatic N) is 1. The van der Waals surface area contributed by atoms with E-state index in [0.29, 0.717) is 11.5 Å². The summed E-state index contributed by atoms with van der Waals surface area (Å²) in [6.07, 6.45) is 3.78. The number of piperidine rings is 1. The minimum atomic E-state index is -0.354. The van der Waals surface area contributed by atoms with Gasteiger partial charge in [-0.15, -0.1) is 0 Å². The Bertz CT molecular complexity index is 690. The molecule has 0 spiro atoms. The van der Waals surface area contributed by atoms with Gasteiger partial charge in [-0.25, -0.2) is 0 Å². The lowest BCUT2D eigenvalue weighted by Crippen LogP contribution is -2.43. The Kier molecular flexibility index (Phi) is 5.11. The fraction of sp³-hybridized carbons (Fsp3) is 0.412. The van der Waals surface area contributed by atoms with Gasteiger partial charge in [0.2, 0.25) is 0 Å². The molecule has 0 radical (unpaired) electrons. The quantitative estimate of drug-likeness (QED) is 0.813. The molecule has 2 aliphatic heterocycles. The predicted octanol–water partition coefficient (Wildman–Crippen LogP) is 2.34. The van der Waals surface area contributed by atoms with Crippen molar-refractivity contribution in [3.05, 3.63) is 28.7 Å². The molecule has 6 nitrogen and oxygen atoms in total. The lowest BCUT2D eigenvalue weighted by atomic mass is 10.0. The van der Waals surface area contributed by atoms with E-state index in [9.17, 15) is 9.59 Å². The Morgan fingerprint density at radius 2 is 2.29 bits per heavy atom. The fourth-order valence-electron chi connectivity index (χ4n) is 3.04. The van der Waals surface area contributed by atoms with Crippen molar-refractivity contribution in [1.29, 1.82) is 0 Å². The van der Waals surface area contributed by atoms with Crippen molar-refractivity contribution in [2.45, 2.75) is 25.8 Å². The third-order valence-electron chi connectivity index (χ3n) is 4.03. The highest BCUT2D eigenvalue weighted by Crippen LogP contribution is 2.37. The van der Waals surface area contributed by atoms with Gasteiger partial charge < -0.3 is 15.4 Å². The SMILES string of the molecule is CCOc1cccc(/C=C2/SC(=O)NC2=O)c1N1CCCC(N)C1. The standard InChI is InChI=1S/C17H21N3O3S/c1-2-23-13-7-3-5-11(9-14-16(21)19-17(22)24-14)15(13)20-8-4-6-12(18)10-20/h3,5,7,9,12H,2,4,6,8,10,18H2,1H3,(H,19,21,22)/b14-9+. The van der Waals surface area contributed by atoms with E-state index in [0.717, 1.165) is 54.7 Å². The number of ether oxygens (including phenoxy) is 1. The van der Waals surface area contributed by atoms with Crippen molar-refractivity contribution in [2.75, 3.05) is 24.6 Å². The number of carbonyl (C=O) groups is 2. The van der Waals surface area contributed by atoms with Crippen molar-refractivity contribution >= 4 is 34.7 Å². The van der Waals surface area contributed by atoms with Crippen LogP contribution in [0.2, 0.25) is 0 Å². The van der Waals surface area contributed by atoms with Crippen molar-refractivity contribution in [1.82, 2.24) is 5.32 Å². The highest BCUT2D eigenvalue weighted by Gasteiger charge is 2.27. The molecule has 24 heavy (non-hydrogen) atoms. The molecule has 2 fully saturated rings. The Morgan fingerprint density at radius 1 is 1.46 bits per heavy atom. The number of hydrogen-bond acceptors (Lipinski definition) is 6. The molecule has 128 valence electrons. The van der Waals surface area contributed by atoms with Crippen LogP contribution in [0.3, 0.4) is 0 Å². The zero-order valence-electron chi connectivity index (χ0n) is 13.6. The predicted molar refractivity (Wildman–Crippen MR) is 96.1 cm³/mol. The molecule has 2 amide bonds. The van der Waals surface area contributed by atoms with Crippen LogP contribution in [-0.4, -0.2) is 36.9 Å². The van der Waals surface area contributed by atoms with Crippen LogP contribution in [0.5, 0.6) is 5.75 Å². The van der Waals surface area contributed by atoms with E-state index in [1.54, 1.807) is 6.08 Å². The summed E-state index contributed by atoms with van der Waals surface area (Å²) < 4.78 is 5.79. The summed E-state index contributed by atoms with van der Waals surface area (Å²) in [6.45, 7) is 4.14. The second-order valence-electron chi connectivity index (χ2n) is 5.83. The van der Waals surface area contributed by atoms with E-state index < -0.39 is 0 Å². The van der Waals surface area contributed by atoms with Gasteiger partial charge in [0.1, 0.15) is 5.75 Å². The summed E-state index contributed by atoms with van der Waals surface area (Å²) in [7, 11) is 0. The van der Waals surface area contributed by atoms with Gasteiger partial charge in [0.15, 0.2) is 0 Å². The first-order valence-corrected chi connectivity index (χ1v) is 8.91. The molecule has 0 aromatic heterocycles. The number of thioether (sulfide) groups is 1. The van der Waals surface area contributed by atoms with Crippen molar-refractivity contribution < 1.29 is 14.3 Å². The van der Waals surface area contributed by atoms with Gasteiger partial charge in [0, 0.05) is 24.7 Å². The normalized spacial score (nSPS) is 22.8. The molecule has 7 heteroatoms. The molecular weight excluding hydrogens is 326 g/mol. The minimum absolute atomic E-state index is 0.125. The number of benzene rings is 1. The summed E-state index contributed by atoms with van der Waals surface area (Å²) in [5, 5.41) is 1.95. The number of carbonyl (C=O) groups excluding carboxylic acids is 2. The number of imide groups is 1. The molecule has 1 atom stereocenters. The maximum Gasteiger partial charge on any atom is 0.290 e. The van der Waals surface area contributed by atoms with E-state index in [-0.39, 0.29) is 17.2 Å². The summed E-state index contributed by atoms with van der Waals surface area (Å²) in [5.41, 5.74) is 7.93. The van der Waals surface area contributed by atoms with Crippen molar-refractivity contribution in [3.63, 3.8) is 0 Å².